The second-order valence-electron chi connectivity index (χ2n) is 11.8. The van der Waals surface area contributed by atoms with Crippen molar-refractivity contribution in [2.75, 3.05) is 19.6 Å². The van der Waals surface area contributed by atoms with Crippen molar-refractivity contribution in [3.8, 4) is 11.3 Å². The van der Waals surface area contributed by atoms with Crippen molar-refractivity contribution in [2.45, 2.75) is 58.7 Å². The summed E-state index contributed by atoms with van der Waals surface area (Å²) in [5, 5.41) is 7.52. The third-order valence-corrected chi connectivity index (χ3v) is 7.15. The van der Waals surface area contributed by atoms with Gasteiger partial charge in [0, 0.05) is 43.8 Å². The van der Waals surface area contributed by atoms with Gasteiger partial charge in [-0.25, -0.2) is 4.98 Å². The number of fused-ring (bicyclic) bond motifs is 1. The van der Waals surface area contributed by atoms with Gasteiger partial charge in [-0.3, -0.25) is 9.59 Å². The predicted molar refractivity (Wildman–Crippen MR) is 143 cm³/mol. The van der Waals surface area contributed by atoms with E-state index in [1.807, 2.05) is 34.6 Å². The zero-order chi connectivity index (χ0) is 29.9. The minimum atomic E-state index is -4.44. The molecule has 0 saturated carbocycles. The molecule has 4 heterocycles. The lowest BCUT2D eigenvalue weighted by Gasteiger charge is -2.46. The zero-order valence-electron chi connectivity index (χ0n) is 23.6. The van der Waals surface area contributed by atoms with Crippen LogP contribution in [-0.4, -0.2) is 62.0 Å². The first-order chi connectivity index (χ1) is 19.0. The summed E-state index contributed by atoms with van der Waals surface area (Å²) in [5.41, 5.74) is 0.705. The molecular weight excluding hydrogens is 539 g/mol. The van der Waals surface area contributed by atoms with Crippen LogP contribution in [0.2, 0.25) is 0 Å². The van der Waals surface area contributed by atoms with Crippen molar-refractivity contribution in [1.82, 2.24) is 25.0 Å². The second kappa shape index (κ2) is 9.71. The molecule has 0 aliphatic carbocycles. The number of carbonyl (C=O) groups is 2. The molecule has 2 amide bonds. The van der Waals surface area contributed by atoms with Crippen LogP contribution in [0.25, 0.3) is 22.4 Å². The fourth-order valence-electron chi connectivity index (χ4n) is 5.02. The SMILES string of the molecule is Cc1nnc(C(=O)N2CCN(C(=O)c3cc4nc(-c5ccc(C(F)(F)F)cc5)cc(C(C)(C)C)c4o3)C(C)(C)C2)o1. The largest absolute Gasteiger partial charge is 0.449 e. The van der Waals surface area contributed by atoms with Crippen molar-refractivity contribution in [3.63, 3.8) is 0 Å². The molecule has 216 valence electrons. The first kappa shape index (κ1) is 28.3. The van der Waals surface area contributed by atoms with Gasteiger partial charge in [0.15, 0.2) is 11.3 Å². The monoisotopic (exact) mass is 569 g/mol. The Morgan fingerprint density at radius 1 is 0.951 bits per heavy atom. The molecule has 0 spiro atoms. The van der Waals surface area contributed by atoms with E-state index in [-0.39, 0.29) is 43.1 Å². The molecule has 12 heteroatoms. The van der Waals surface area contributed by atoms with Crippen molar-refractivity contribution < 1.29 is 31.6 Å². The molecule has 1 saturated heterocycles. The number of nitrogens with zero attached hydrogens (tertiary/aromatic N) is 5. The highest BCUT2D eigenvalue weighted by Gasteiger charge is 2.41. The summed E-state index contributed by atoms with van der Waals surface area (Å²) in [6.07, 6.45) is -4.44. The molecule has 0 bridgehead atoms. The van der Waals surface area contributed by atoms with E-state index in [9.17, 15) is 22.8 Å². The van der Waals surface area contributed by atoms with Gasteiger partial charge in [-0.05, 0) is 37.5 Å². The number of furan rings is 1. The maximum Gasteiger partial charge on any atom is 0.416 e. The quantitative estimate of drug-likeness (QED) is 0.303. The van der Waals surface area contributed by atoms with Gasteiger partial charge in [0.25, 0.3) is 5.91 Å². The minimum absolute atomic E-state index is 0.0861. The van der Waals surface area contributed by atoms with Crippen molar-refractivity contribution >= 4 is 22.9 Å². The number of hydrogen-bond donors (Lipinski definition) is 0. The number of alkyl halides is 3. The molecule has 1 aromatic carbocycles. The standard InChI is InChI=1S/C29H30F3N5O4/c1-16-34-35-24(40-16)26(39)36-11-12-37(28(5,6)15-36)25(38)22-14-21-23(41-22)19(27(2,3)4)13-20(33-21)17-7-9-18(10-8-17)29(30,31)32/h7-10,13-14H,11-12,15H2,1-6H3. The van der Waals surface area contributed by atoms with Gasteiger partial charge in [0.2, 0.25) is 5.89 Å². The average molecular weight is 570 g/mol. The van der Waals surface area contributed by atoms with E-state index in [0.717, 1.165) is 17.7 Å². The van der Waals surface area contributed by atoms with E-state index in [0.29, 0.717) is 22.4 Å². The number of pyridine rings is 1. The molecule has 1 aliphatic heterocycles. The van der Waals surface area contributed by atoms with E-state index in [1.54, 1.807) is 28.9 Å². The first-order valence-corrected chi connectivity index (χ1v) is 13.1. The summed E-state index contributed by atoms with van der Waals surface area (Å²) in [6.45, 7) is 12.0. The van der Waals surface area contributed by atoms with Gasteiger partial charge in [-0.15, -0.1) is 10.2 Å². The molecule has 0 atom stereocenters. The van der Waals surface area contributed by atoms with E-state index in [2.05, 4.69) is 15.2 Å². The Morgan fingerprint density at radius 3 is 2.20 bits per heavy atom. The molecule has 9 nitrogen and oxygen atoms in total. The fraction of sp³-hybridized carbons (Fsp3) is 0.414. The van der Waals surface area contributed by atoms with E-state index in [1.165, 1.54) is 12.1 Å². The Labute approximate surface area is 234 Å². The molecule has 1 fully saturated rings. The van der Waals surface area contributed by atoms with Crippen LogP contribution in [0.15, 0.2) is 45.2 Å². The maximum absolute atomic E-state index is 13.7. The summed E-state index contributed by atoms with van der Waals surface area (Å²) in [7, 11) is 0. The summed E-state index contributed by atoms with van der Waals surface area (Å²) in [6, 6.07) is 8.16. The predicted octanol–water partition coefficient (Wildman–Crippen LogP) is 5.88. The lowest BCUT2D eigenvalue weighted by Crippen LogP contribution is -2.62. The molecule has 5 rings (SSSR count). The average Bonchev–Trinajstić information content (AvgIpc) is 3.52. The normalized spacial score (nSPS) is 15.9. The van der Waals surface area contributed by atoms with Crippen LogP contribution in [-0.2, 0) is 11.6 Å². The van der Waals surface area contributed by atoms with Gasteiger partial charge >= 0.3 is 18.0 Å². The molecule has 0 radical (unpaired) electrons. The number of aromatic nitrogens is 3. The minimum Gasteiger partial charge on any atom is -0.449 e. The molecule has 0 unspecified atom stereocenters. The molecule has 1 aliphatic rings. The van der Waals surface area contributed by atoms with Gasteiger partial charge in [-0.2, -0.15) is 13.2 Å². The van der Waals surface area contributed by atoms with Gasteiger partial charge in [0.05, 0.1) is 16.8 Å². The van der Waals surface area contributed by atoms with Crippen LogP contribution in [0.4, 0.5) is 13.2 Å². The number of carbonyl (C=O) groups excluding carboxylic acids is 2. The molecule has 3 aromatic heterocycles. The third kappa shape index (κ3) is 5.42. The number of benzene rings is 1. The highest BCUT2D eigenvalue weighted by molar-refractivity contribution is 5.97. The fourth-order valence-corrected chi connectivity index (χ4v) is 5.02. The van der Waals surface area contributed by atoms with Crippen LogP contribution >= 0.6 is 0 Å². The Hall–Kier alpha value is -4.22. The van der Waals surface area contributed by atoms with Crippen LogP contribution < -0.4 is 0 Å². The van der Waals surface area contributed by atoms with Crippen LogP contribution in [0.1, 0.15) is 72.9 Å². The highest BCUT2D eigenvalue weighted by Crippen LogP contribution is 2.36. The van der Waals surface area contributed by atoms with Gasteiger partial charge in [0.1, 0.15) is 5.52 Å². The van der Waals surface area contributed by atoms with Crippen molar-refractivity contribution in [2.24, 2.45) is 0 Å². The number of piperazine rings is 1. The first-order valence-electron chi connectivity index (χ1n) is 13.1. The summed E-state index contributed by atoms with van der Waals surface area (Å²) in [4.78, 5) is 34.5. The Kier molecular flexibility index (Phi) is 6.70. The van der Waals surface area contributed by atoms with E-state index >= 15 is 0 Å². The van der Waals surface area contributed by atoms with Crippen molar-refractivity contribution in [3.05, 3.63) is 65.1 Å². The van der Waals surface area contributed by atoms with Gasteiger partial charge in [-0.1, -0.05) is 32.9 Å². The summed E-state index contributed by atoms with van der Waals surface area (Å²) >= 11 is 0. The van der Waals surface area contributed by atoms with Crippen molar-refractivity contribution in [1.29, 1.82) is 0 Å². The number of amides is 2. The number of hydrogen-bond acceptors (Lipinski definition) is 7. The molecular formula is C29H30F3N5O4. The smallest absolute Gasteiger partial charge is 0.416 e. The zero-order valence-corrected chi connectivity index (χ0v) is 23.6. The van der Waals surface area contributed by atoms with E-state index < -0.39 is 28.6 Å². The molecule has 0 N–H and O–H groups in total. The highest BCUT2D eigenvalue weighted by atomic mass is 19.4. The third-order valence-electron chi connectivity index (χ3n) is 7.15. The van der Waals surface area contributed by atoms with E-state index in [4.69, 9.17) is 8.83 Å². The lowest BCUT2D eigenvalue weighted by atomic mass is 9.86. The summed E-state index contributed by atoms with van der Waals surface area (Å²) < 4.78 is 50.7. The molecule has 41 heavy (non-hydrogen) atoms. The Morgan fingerprint density at radius 2 is 1.63 bits per heavy atom. The van der Waals surface area contributed by atoms with Crippen LogP contribution in [0.3, 0.4) is 0 Å². The number of aryl methyl sites for hydroxylation is 1. The number of halogens is 3. The second-order valence-corrected chi connectivity index (χ2v) is 11.8. The maximum atomic E-state index is 13.7. The van der Waals surface area contributed by atoms with Gasteiger partial charge < -0.3 is 18.6 Å². The topological polar surface area (TPSA) is 106 Å². The Balaban J connectivity index is 1.46. The number of rotatable bonds is 3. The summed E-state index contributed by atoms with van der Waals surface area (Å²) in [5.74, 6) is -0.479. The molecule has 4 aromatic rings. The Bertz CT molecular complexity index is 1630. The van der Waals surface area contributed by atoms with Crippen LogP contribution in [0, 0.1) is 6.92 Å². The lowest BCUT2D eigenvalue weighted by molar-refractivity contribution is -0.137. The van der Waals surface area contributed by atoms with Crippen LogP contribution in [0.5, 0.6) is 0 Å².